The number of benzene rings is 2. The fourth-order valence-corrected chi connectivity index (χ4v) is 4.94. The molecule has 1 fully saturated rings. The zero-order valence-corrected chi connectivity index (χ0v) is 18.4. The number of hydrogen-bond donors (Lipinski definition) is 1. The number of hydrogen-bond acceptors (Lipinski definition) is 5. The van der Waals surface area contributed by atoms with Crippen LogP contribution >= 0.6 is 0 Å². The molecule has 3 aliphatic heterocycles. The predicted molar refractivity (Wildman–Crippen MR) is 124 cm³/mol. The lowest BCUT2D eigenvalue weighted by Gasteiger charge is -2.36. The van der Waals surface area contributed by atoms with Gasteiger partial charge in [-0.3, -0.25) is 14.7 Å². The number of rotatable bonds is 5. The summed E-state index contributed by atoms with van der Waals surface area (Å²) in [6.45, 7) is 7.72. The highest BCUT2D eigenvalue weighted by Gasteiger charge is 2.36. The van der Waals surface area contributed by atoms with E-state index in [1.54, 1.807) is 0 Å². The number of nitrogens with zero attached hydrogens (tertiary/aromatic N) is 3. The number of ether oxygens (including phenoxy) is 1. The van der Waals surface area contributed by atoms with Crippen molar-refractivity contribution >= 4 is 23.0 Å². The maximum absolute atomic E-state index is 13.2. The first-order valence-electron chi connectivity index (χ1n) is 11.5. The van der Waals surface area contributed by atoms with Gasteiger partial charge >= 0.3 is 0 Å². The Hall–Kier alpha value is -2.93. The Kier molecular flexibility index (Phi) is 5.83. The third-order valence-corrected chi connectivity index (χ3v) is 6.53. The van der Waals surface area contributed by atoms with Gasteiger partial charge < -0.3 is 15.0 Å². The first-order chi connectivity index (χ1) is 15.6. The van der Waals surface area contributed by atoms with Gasteiger partial charge in [0.05, 0.1) is 29.5 Å². The number of amides is 1. The lowest BCUT2D eigenvalue weighted by Crippen LogP contribution is -2.46. The molecule has 0 spiro atoms. The van der Waals surface area contributed by atoms with E-state index in [0.29, 0.717) is 6.61 Å². The Morgan fingerprint density at radius 1 is 1.16 bits per heavy atom. The maximum atomic E-state index is 13.2. The van der Waals surface area contributed by atoms with Crippen LogP contribution in [-0.4, -0.2) is 55.8 Å². The number of carbonyl (C=O) groups excluding carboxylic acids is 1. The number of piperazine rings is 1. The molecule has 1 amide bonds. The summed E-state index contributed by atoms with van der Waals surface area (Å²) in [5.74, 6) is 0.488. The van der Waals surface area contributed by atoms with E-state index in [2.05, 4.69) is 27.2 Å². The molecule has 32 heavy (non-hydrogen) atoms. The average molecular weight is 437 g/mol. The largest absolute Gasteiger partial charge is 0.493 e. The van der Waals surface area contributed by atoms with Crippen molar-refractivity contribution in [3.63, 3.8) is 0 Å². The molecule has 0 aromatic heterocycles. The summed E-state index contributed by atoms with van der Waals surface area (Å²) in [4.78, 5) is 22.1. The summed E-state index contributed by atoms with van der Waals surface area (Å²) >= 11 is 0. The molecule has 2 aromatic carbocycles. The van der Waals surface area contributed by atoms with Crippen molar-refractivity contribution in [1.29, 1.82) is 0 Å². The summed E-state index contributed by atoms with van der Waals surface area (Å²) in [5.41, 5.74) is 4.85. The summed E-state index contributed by atoms with van der Waals surface area (Å²) in [7, 11) is 0. The van der Waals surface area contributed by atoms with Crippen LogP contribution in [0.25, 0.3) is 0 Å². The third-order valence-electron chi connectivity index (χ3n) is 6.53. The molecular weight excluding hydrogens is 407 g/mol. The molecule has 1 unspecified atom stereocenters. The zero-order chi connectivity index (χ0) is 22.1. The third kappa shape index (κ3) is 4.09. The SMILES string of the molecule is CCOc1cc(CN2CCN(c3ccc(F)cc3)CC2)cc2c1C1=NCCCC1C(=O)N2. The molecule has 1 saturated heterocycles. The van der Waals surface area contributed by atoms with Gasteiger partial charge in [-0.15, -0.1) is 0 Å². The van der Waals surface area contributed by atoms with Crippen LogP contribution in [0, 0.1) is 11.7 Å². The van der Waals surface area contributed by atoms with Gasteiger partial charge in [-0.1, -0.05) is 0 Å². The van der Waals surface area contributed by atoms with Gasteiger partial charge in [-0.05, 0) is 61.7 Å². The van der Waals surface area contributed by atoms with Gasteiger partial charge in [-0.25, -0.2) is 4.39 Å². The molecule has 7 heteroatoms. The average Bonchev–Trinajstić information content (AvgIpc) is 2.80. The molecule has 3 aliphatic rings. The Morgan fingerprint density at radius 2 is 1.94 bits per heavy atom. The van der Waals surface area contributed by atoms with Crippen LogP contribution in [0.2, 0.25) is 0 Å². The second kappa shape index (κ2) is 8.90. The van der Waals surface area contributed by atoms with Crippen molar-refractivity contribution in [2.75, 3.05) is 49.5 Å². The minimum Gasteiger partial charge on any atom is -0.493 e. The fourth-order valence-electron chi connectivity index (χ4n) is 4.94. The molecule has 5 rings (SSSR count). The molecule has 0 bridgehead atoms. The Labute approximate surface area is 188 Å². The number of nitrogens with one attached hydrogen (secondary N) is 1. The highest BCUT2D eigenvalue weighted by Crippen LogP contribution is 2.38. The van der Waals surface area contributed by atoms with E-state index in [0.717, 1.165) is 86.1 Å². The predicted octanol–water partition coefficient (Wildman–Crippen LogP) is 3.70. The molecule has 1 N–H and O–H groups in total. The molecule has 0 radical (unpaired) electrons. The van der Waals surface area contributed by atoms with Gasteiger partial charge in [0.25, 0.3) is 0 Å². The van der Waals surface area contributed by atoms with Crippen LogP contribution in [0.5, 0.6) is 5.75 Å². The fraction of sp³-hybridized carbons (Fsp3) is 0.440. The van der Waals surface area contributed by atoms with Gasteiger partial charge in [0.2, 0.25) is 5.91 Å². The van der Waals surface area contributed by atoms with E-state index >= 15 is 0 Å². The lowest BCUT2D eigenvalue weighted by molar-refractivity contribution is -0.118. The van der Waals surface area contributed by atoms with Crippen molar-refractivity contribution in [3.8, 4) is 5.75 Å². The summed E-state index contributed by atoms with van der Waals surface area (Å²) < 4.78 is 19.2. The van der Waals surface area contributed by atoms with E-state index in [1.165, 1.54) is 12.1 Å². The number of aliphatic imine (C=N–C) groups is 1. The normalized spacial score (nSPS) is 20.8. The van der Waals surface area contributed by atoms with Crippen molar-refractivity contribution in [2.45, 2.75) is 26.3 Å². The standard InChI is InChI=1S/C25H29FN4O2/c1-2-32-22-15-17(14-21-23(22)24-20(25(31)28-21)4-3-9-27-24)16-29-10-12-30(13-11-29)19-7-5-18(26)6-8-19/h5-8,14-15,20H,2-4,9-13,16H2,1H3,(H,28,31). The number of fused-ring (bicyclic) bond motifs is 3. The van der Waals surface area contributed by atoms with Gasteiger partial charge in [0, 0.05) is 45.0 Å². The Bertz CT molecular complexity index is 1030. The molecule has 3 heterocycles. The molecule has 0 saturated carbocycles. The number of anilines is 2. The van der Waals surface area contributed by atoms with Crippen molar-refractivity contribution in [3.05, 3.63) is 53.3 Å². The highest BCUT2D eigenvalue weighted by atomic mass is 19.1. The van der Waals surface area contributed by atoms with Crippen LogP contribution in [0.15, 0.2) is 41.4 Å². The topological polar surface area (TPSA) is 57.2 Å². The van der Waals surface area contributed by atoms with Crippen LogP contribution in [0.1, 0.15) is 30.9 Å². The van der Waals surface area contributed by atoms with Crippen molar-refractivity contribution < 1.29 is 13.9 Å². The van der Waals surface area contributed by atoms with Crippen molar-refractivity contribution in [2.24, 2.45) is 10.9 Å². The minimum atomic E-state index is -0.206. The van der Waals surface area contributed by atoms with E-state index < -0.39 is 0 Å². The molecule has 6 nitrogen and oxygen atoms in total. The summed E-state index contributed by atoms with van der Waals surface area (Å²) in [6.07, 6.45) is 1.79. The van der Waals surface area contributed by atoms with Gasteiger partial charge in [-0.2, -0.15) is 0 Å². The molecule has 1 atom stereocenters. The maximum Gasteiger partial charge on any atom is 0.233 e. The zero-order valence-electron chi connectivity index (χ0n) is 18.4. The molecule has 2 aromatic rings. The van der Waals surface area contributed by atoms with Gasteiger partial charge in [0.1, 0.15) is 11.6 Å². The van der Waals surface area contributed by atoms with Crippen molar-refractivity contribution in [1.82, 2.24) is 4.90 Å². The summed E-state index contributed by atoms with van der Waals surface area (Å²) in [6, 6.07) is 10.9. The number of carbonyl (C=O) groups is 1. The molecule has 168 valence electrons. The van der Waals surface area contributed by atoms with E-state index in [4.69, 9.17) is 9.73 Å². The van der Waals surface area contributed by atoms with Crippen LogP contribution in [0.3, 0.4) is 0 Å². The lowest BCUT2D eigenvalue weighted by atomic mass is 9.84. The smallest absolute Gasteiger partial charge is 0.233 e. The van der Waals surface area contributed by atoms with E-state index in [-0.39, 0.29) is 17.6 Å². The minimum absolute atomic E-state index is 0.0449. The first-order valence-corrected chi connectivity index (χ1v) is 11.5. The van der Waals surface area contributed by atoms with Gasteiger partial charge in [0.15, 0.2) is 0 Å². The summed E-state index contributed by atoms with van der Waals surface area (Å²) in [5, 5.41) is 3.11. The molecule has 0 aliphatic carbocycles. The van der Waals surface area contributed by atoms with E-state index in [9.17, 15) is 9.18 Å². The van der Waals surface area contributed by atoms with Crippen LogP contribution < -0.4 is 15.0 Å². The monoisotopic (exact) mass is 436 g/mol. The van der Waals surface area contributed by atoms with Crippen LogP contribution in [0.4, 0.5) is 15.8 Å². The quantitative estimate of drug-likeness (QED) is 0.777. The van der Waals surface area contributed by atoms with E-state index in [1.807, 2.05) is 19.1 Å². The second-order valence-electron chi connectivity index (χ2n) is 8.64. The highest BCUT2D eigenvalue weighted by molar-refractivity contribution is 6.24. The molecular formula is C25H29FN4O2. The Morgan fingerprint density at radius 3 is 2.69 bits per heavy atom. The Balaban J connectivity index is 1.33. The number of halogens is 1. The van der Waals surface area contributed by atoms with Crippen LogP contribution in [-0.2, 0) is 11.3 Å². The first kappa shape index (κ1) is 20.9. The second-order valence-corrected chi connectivity index (χ2v) is 8.64.